The molecule has 0 aliphatic heterocycles. The lowest BCUT2D eigenvalue weighted by Gasteiger charge is -2.22. The van der Waals surface area contributed by atoms with Crippen LogP contribution in [0.4, 0.5) is 11.8 Å². The zero-order valence-corrected chi connectivity index (χ0v) is 8.62. The SMILES string of the molecule is CC(C)(CN)Cc1cnc(N)nc1N. The summed E-state index contributed by atoms with van der Waals surface area (Å²) in [6.07, 6.45) is 2.42. The standard InChI is InChI=1S/C9H17N5/c1-9(2,5-10)3-6-4-13-8(12)14-7(6)11/h4H,3,5,10H2,1-2H3,(H4,11,12,13,14). The highest BCUT2D eigenvalue weighted by atomic mass is 15.0. The number of nitrogens with zero attached hydrogens (tertiary/aromatic N) is 2. The normalized spacial score (nSPS) is 11.6. The van der Waals surface area contributed by atoms with Crippen molar-refractivity contribution in [3.63, 3.8) is 0 Å². The molecule has 0 bridgehead atoms. The smallest absolute Gasteiger partial charge is 0.221 e. The molecule has 6 N–H and O–H groups in total. The fourth-order valence-electron chi connectivity index (χ4n) is 1.16. The zero-order chi connectivity index (χ0) is 10.8. The lowest BCUT2D eigenvalue weighted by Crippen LogP contribution is -2.26. The van der Waals surface area contributed by atoms with Crippen LogP contribution in [0, 0.1) is 5.41 Å². The maximum Gasteiger partial charge on any atom is 0.221 e. The fourth-order valence-corrected chi connectivity index (χ4v) is 1.16. The molecule has 1 aromatic rings. The Bertz CT molecular complexity index is 321. The molecule has 0 atom stereocenters. The lowest BCUT2D eigenvalue weighted by atomic mass is 9.86. The Hall–Kier alpha value is -1.36. The number of hydrogen-bond acceptors (Lipinski definition) is 5. The molecule has 0 saturated carbocycles. The van der Waals surface area contributed by atoms with Crippen LogP contribution < -0.4 is 17.2 Å². The number of nitrogen functional groups attached to an aromatic ring is 2. The van der Waals surface area contributed by atoms with Crippen molar-refractivity contribution in [2.75, 3.05) is 18.0 Å². The number of anilines is 2. The summed E-state index contributed by atoms with van der Waals surface area (Å²) < 4.78 is 0. The van der Waals surface area contributed by atoms with Crippen molar-refractivity contribution in [1.82, 2.24) is 9.97 Å². The molecule has 0 radical (unpaired) electrons. The van der Waals surface area contributed by atoms with Crippen LogP contribution in [0.25, 0.3) is 0 Å². The van der Waals surface area contributed by atoms with E-state index >= 15 is 0 Å². The molecule has 0 amide bonds. The minimum atomic E-state index is 0.00753. The van der Waals surface area contributed by atoms with Crippen LogP contribution in [-0.4, -0.2) is 16.5 Å². The molecule has 0 saturated heterocycles. The summed E-state index contributed by atoms with van der Waals surface area (Å²) in [7, 11) is 0. The molecule has 1 rings (SSSR count). The zero-order valence-electron chi connectivity index (χ0n) is 8.62. The van der Waals surface area contributed by atoms with E-state index in [0.717, 1.165) is 12.0 Å². The van der Waals surface area contributed by atoms with Crippen molar-refractivity contribution >= 4 is 11.8 Å². The Balaban J connectivity index is 2.87. The minimum absolute atomic E-state index is 0.00753. The van der Waals surface area contributed by atoms with Crippen LogP contribution in [0.5, 0.6) is 0 Å². The number of hydrogen-bond donors (Lipinski definition) is 3. The van der Waals surface area contributed by atoms with Gasteiger partial charge < -0.3 is 17.2 Å². The molecule has 0 spiro atoms. The van der Waals surface area contributed by atoms with Gasteiger partial charge in [0, 0.05) is 11.8 Å². The molecule has 0 aromatic carbocycles. The third-order valence-electron chi connectivity index (χ3n) is 2.14. The van der Waals surface area contributed by atoms with E-state index < -0.39 is 0 Å². The van der Waals surface area contributed by atoms with Crippen molar-refractivity contribution in [1.29, 1.82) is 0 Å². The first-order valence-electron chi connectivity index (χ1n) is 4.51. The van der Waals surface area contributed by atoms with Crippen LogP contribution in [0.15, 0.2) is 6.20 Å². The van der Waals surface area contributed by atoms with Crippen LogP contribution in [-0.2, 0) is 6.42 Å². The Labute approximate surface area is 83.7 Å². The van der Waals surface area contributed by atoms with Gasteiger partial charge in [0.05, 0.1) is 0 Å². The summed E-state index contributed by atoms with van der Waals surface area (Å²) in [6.45, 7) is 4.74. The Morgan fingerprint density at radius 2 is 2.00 bits per heavy atom. The molecule has 14 heavy (non-hydrogen) atoms. The van der Waals surface area contributed by atoms with Gasteiger partial charge in [-0.05, 0) is 18.4 Å². The highest BCUT2D eigenvalue weighted by Crippen LogP contribution is 2.22. The second-order valence-corrected chi connectivity index (χ2v) is 4.18. The van der Waals surface area contributed by atoms with E-state index in [9.17, 15) is 0 Å². The average Bonchev–Trinajstić information content (AvgIpc) is 2.10. The van der Waals surface area contributed by atoms with Gasteiger partial charge in [0.2, 0.25) is 5.95 Å². The first-order valence-corrected chi connectivity index (χ1v) is 4.51. The van der Waals surface area contributed by atoms with E-state index in [-0.39, 0.29) is 11.4 Å². The van der Waals surface area contributed by atoms with Gasteiger partial charge in [-0.2, -0.15) is 4.98 Å². The maximum atomic E-state index is 5.71. The van der Waals surface area contributed by atoms with Gasteiger partial charge in [-0.1, -0.05) is 13.8 Å². The summed E-state index contributed by atoms with van der Waals surface area (Å²) in [5.41, 5.74) is 17.6. The van der Waals surface area contributed by atoms with Gasteiger partial charge >= 0.3 is 0 Å². The van der Waals surface area contributed by atoms with Gasteiger partial charge in [0.15, 0.2) is 0 Å². The van der Waals surface area contributed by atoms with E-state index in [0.29, 0.717) is 12.4 Å². The summed E-state index contributed by atoms with van der Waals surface area (Å²) in [4.78, 5) is 7.80. The second kappa shape index (κ2) is 3.79. The third kappa shape index (κ3) is 2.56. The molecular weight excluding hydrogens is 178 g/mol. The predicted octanol–water partition coefficient (Wildman–Crippen LogP) is 0.168. The van der Waals surface area contributed by atoms with Crippen molar-refractivity contribution in [2.24, 2.45) is 11.1 Å². The third-order valence-corrected chi connectivity index (χ3v) is 2.14. The van der Waals surface area contributed by atoms with Crippen molar-refractivity contribution in [3.05, 3.63) is 11.8 Å². The van der Waals surface area contributed by atoms with Crippen LogP contribution in [0.1, 0.15) is 19.4 Å². The van der Waals surface area contributed by atoms with Crippen LogP contribution in [0.2, 0.25) is 0 Å². The fraction of sp³-hybridized carbons (Fsp3) is 0.556. The van der Waals surface area contributed by atoms with Crippen molar-refractivity contribution in [3.8, 4) is 0 Å². The van der Waals surface area contributed by atoms with E-state index in [1.54, 1.807) is 6.20 Å². The lowest BCUT2D eigenvalue weighted by molar-refractivity contribution is 0.376. The summed E-state index contributed by atoms with van der Waals surface area (Å²) in [5, 5.41) is 0. The molecule has 5 nitrogen and oxygen atoms in total. The van der Waals surface area contributed by atoms with Gasteiger partial charge in [-0.15, -0.1) is 0 Å². The molecule has 0 unspecified atom stereocenters. The molecule has 78 valence electrons. The van der Waals surface area contributed by atoms with E-state index in [1.807, 2.05) is 0 Å². The number of aromatic nitrogens is 2. The molecule has 0 aliphatic rings. The molecule has 5 heteroatoms. The molecule has 0 fully saturated rings. The number of nitrogens with two attached hydrogens (primary N) is 3. The van der Waals surface area contributed by atoms with Gasteiger partial charge in [-0.25, -0.2) is 4.98 Å². The highest BCUT2D eigenvalue weighted by molar-refractivity contribution is 5.41. The molecule has 1 aromatic heterocycles. The summed E-state index contributed by atoms with van der Waals surface area (Å²) in [6, 6.07) is 0. The predicted molar refractivity (Wildman–Crippen MR) is 57.4 cm³/mol. The Kier molecular flexibility index (Phi) is 2.90. The van der Waals surface area contributed by atoms with Crippen molar-refractivity contribution in [2.45, 2.75) is 20.3 Å². The topological polar surface area (TPSA) is 104 Å². The summed E-state index contributed by atoms with van der Waals surface area (Å²) in [5.74, 6) is 0.649. The number of rotatable bonds is 3. The maximum absolute atomic E-state index is 5.71. The first-order chi connectivity index (χ1) is 6.44. The monoisotopic (exact) mass is 195 g/mol. The molecule has 1 heterocycles. The van der Waals surface area contributed by atoms with Crippen molar-refractivity contribution < 1.29 is 0 Å². The van der Waals surface area contributed by atoms with Crippen LogP contribution >= 0.6 is 0 Å². The second-order valence-electron chi connectivity index (χ2n) is 4.18. The minimum Gasteiger partial charge on any atom is -0.383 e. The average molecular weight is 195 g/mol. The van der Waals surface area contributed by atoms with Gasteiger partial charge in [0.25, 0.3) is 0 Å². The molecular formula is C9H17N5. The summed E-state index contributed by atoms with van der Waals surface area (Å²) >= 11 is 0. The Morgan fingerprint density at radius 3 is 2.50 bits per heavy atom. The van der Waals surface area contributed by atoms with Gasteiger partial charge in [0.1, 0.15) is 5.82 Å². The van der Waals surface area contributed by atoms with E-state index in [2.05, 4.69) is 23.8 Å². The Morgan fingerprint density at radius 1 is 1.36 bits per heavy atom. The van der Waals surface area contributed by atoms with Crippen LogP contribution in [0.3, 0.4) is 0 Å². The molecule has 0 aliphatic carbocycles. The van der Waals surface area contributed by atoms with E-state index in [4.69, 9.17) is 17.2 Å². The van der Waals surface area contributed by atoms with E-state index in [1.165, 1.54) is 0 Å². The quantitative estimate of drug-likeness (QED) is 0.637. The highest BCUT2D eigenvalue weighted by Gasteiger charge is 2.18. The first kappa shape index (κ1) is 10.7. The largest absolute Gasteiger partial charge is 0.383 e. The van der Waals surface area contributed by atoms with Gasteiger partial charge in [-0.3, -0.25) is 0 Å².